The average Bonchev–Trinajstić information content (AvgIpc) is 2.15. The molecule has 0 spiro atoms. The maximum atomic E-state index is 2.37. The standard InChI is InChI=1S/C16H25/c1-11(2)7-14-8-15(12(3)4)10-16(9-14)13(5)6/h8-12H,7H2,1-6H3. The molecule has 0 fully saturated rings. The van der Waals surface area contributed by atoms with Gasteiger partial charge in [-0.25, -0.2) is 0 Å². The van der Waals surface area contributed by atoms with Crippen LogP contribution in [0.25, 0.3) is 0 Å². The summed E-state index contributed by atoms with van der Waals surface area (Å²) in [5, 5.41) is 0. The molecule has 0 saturated heterocycles. The molecule has 1 radical (unpaired) electrons. The van der Waals surface area contributed by atoms with E-state index in [2.05, 4.69) is 59.7 Å². The molecule has 0 nitrogen and oxygen atoms in total. The summed E-state index contributed by atoms with van der Waals surface area (Å²) in [6, 6.07) is 7.06. The largest absolute Gasteiger partial charge is 0.0625 e. The second-order valence-electron chi connectivity index (χ2n) is 5.72. The Morgan fingerprint density at radius 1 is 1.00 bits per heavy atom. The van der Waals surface area contributed by atoms with Crippen molar-refractivity contribution in [3.8, 4) is 0 Å². The first-order chi connectivity index (χ1) is 7.40. The predicted octanol–water partition coefficient (Wildman–Crippen LogP) is 4.97. The van der Waals surface area contributed by atoms with Gasteiger partial charge in [-0.3, -0.25) is 0 Å². The Morgan fingerprint density at radius 3 is 2.06 bits per heavy atom. The van der Waals surface area contributed by atoms with E-state index in [9.17, 15) is 0 Å². The maximum absolute atomic E-state index is 2.37. The summed E-state index contributed by atoms with van der Waals surface area (Å²) < 4.78 is 0. The molecule has 0 amide bonds. The van der Waals surface area contributed by atoms with Crippen LogP contribution in [0, 0.1) is 11.8 Å². The molecule has 0 aliphatic rings. The molecule has 0 aliphatic heterocycles. The molecule has 0 heterocycles. The van der Waals surface area contributed by atoms with Crippen molar-refractivity contribution in [1.29, 1.82) is 0 Å². The molecule has 89 valence electrons. The van der Waals surface area contributed by atoms with Gasteiger partial charge in [0.2, 0.25) is 0 Å². The molecule has 1 aromatic carbocycles. The van der Waals surface area contributed by atoms with E-state index in [1.54, 1.807) is 0 Å². The fraction of sp³-hybridized carbons (Fsp3) is 0.562. The van der Waals surface area contributed by atoms with Gasteiger partial charge in [-0.15, -0.1) is 0 Å². The first kappa shape index (κ1) is 13.3. The van der Waals surface area contributed by atoms with Crippen molar-refractivity contribution < 1.29 is 0 Å². The number of benzene rings is 1. The third-order valence-corrected chi connectivity index (χ3v) is 2.90. The van der Waals surface area contributed by atoms with Gasteiger partial charge in [0, 0.05) is 0 Å². The number of hydrogen-bond donors (Lipinski definition) is 0. The van der Waals surface area contributed by atoms with Gasteiger partial charge in [0.25, 0.3) is 0 Å². The molecule has 0 N–H and O–H groups in total. The molecule has 0 heteroatoms. The molecular formula is C16H25. The van der Waals surface area contributed by atoms with E-state index in [0.717, 1.165) is 5.92 Å². The Bertz CT molecular complexity index is 306. The Balaban J connectivity index is 3.08. The molecule has 1 aromatic rings. The molecule has 0 aliphatic carbocycles. The molecular weight excluding hydrogens is 192 g/mol. The van der Waals surface area contributed by atoms with Crippen LogP contribution in [-0.2, 0) is 6.42 Å². The first-order valence-electron chi connectivity index (χ1n) is 6.34. The van der Waals surface area contributed by atoms with Crippen molar-refractivity contribution in [3.05, 3.63) is 40.8 Å². The second kappa shape index (κ2) is 5.52. The fourth-order valence-electron chi connectivity index (χ4n) is 1.93. The van der Waals surface area contributed by atoms with Crippen LogP contribution in [0.3, 0.4) is 0 Å². The van der Waals surface area contributed by atoms with Crippen LogP contribution >= 0.6 is 0 Å². The zero-order valence-corrected chi connectivity index (χ0v) is 11.6. The summed E-state index contributed by atoms with van der Waals surface area (Å²) in [6.45, 7) is 13.5. The van der Waals surface area contributed by atoms with Crippen LogP contribution in [0.15, 0.2) is 18.2 Å². The van der Waals surface area contributed by atoms with Crippen molar-refractivity contribution in [1.82, 2.24) is 0 Å². The lowest BCUT2D eigenvalue weighted by Gasteiger charge is -2.15. The topological polar surface area (TPSA) is 0 Å². The third-order valence-electron chi connectivity index (χ3n) is 2.90. The lowest BCUT2D eigenvalue weighted by molar-refractivity contribution is 0.645. The summed E-state index contributed by atoms with van der Waals surface area (Å²) in [7, 11) is 0. The zero-order valence-electron chi connectivity index (χ0n) is 11.6. The average molecular weight is 217 g/mol. The SMILES string of the molecule is C[C](C)c1cc(CC(C)C)cc(C(C)C)c1. The van der Waals surface area contributed by atoms with Crippen LogP contribution in [0.2, 0.25) is 0 Å². The van der Waals surface area contributed by atoms with Gasteiger partial charge in [-0.1, -0.05) is 59.7 Å². The second-order valence-corrected chi connectivity index (χ2v) is 5.72. The Labute approximate surface area is 101 Å². The van der Waals surface area contributed by atoms with Gasteiger partial charge in [-0.2, -0.15) is 0 Å². The van der Waals surface area contributed by atoms with E-state index in [0.29, 0.717) is 5.92 Å². The normalized spacial score (nSPS) is 11.8. The minimum absolute atomic E-state index is 0.616. The van der Waals surface area contributed by atoms with Crippen LogP contribution in [0.1, 0.15) is 64.2 Å². The van der Waals surface area contributed by atoms with Crippen LogP contribution in [-0.4, -0.2) is 0 Å². The van der Waals surface area contributed by atoms with E-state index >= 15 is 0 Å². The predicted molar refractivity (Wildman–Crippen MR) is 72.8 cm³/mol. The van der Waals surface area contributed by atoms with Crippen molar-refractivity contribution in [2.24, 2.45) is 5.92 Å². The van der Waals surface area contributed by atoms with E-state index in [1.807, 2.05) is 0 Å². The Morgan fingerprint density at radius 2 is 1.62 bits per heavy atom. The maximum Gasteiger partial charge on any atom is -0.00118 e. The van der Waals surface area contributed by atoms with Gasteiger partial charge in [0.15, 0.2) is 0 Å². The first-order valence-corrected chi connectivity index (χ1v) is 6.34. The fourth-order valence-corrected chi connectivity index (χ4v) is 1.93. The highest BCUT2D eigenvalue weighted by Gasteiger charge is 2.08. The Hall–Kier alpha value is -0.780. The number of hydrogen-bond acceptors (Lipinski definition) is 0. The van der Waals surface area contributed by atoms with Gasteiger partial charge < -0.3 is 0 Å². The van der Waals surface area contributed by atoms with Crippen LogP contribution in [0.4, 0.5) is 0 Å². The molecule has 0 saturated carbocycles. The molecule has 0 bridgehead atoms. The minimum atomic E-state index is 0.616. The summed E-state index contributed by atoms with van der Waals surface area (Å²) in [6.07, 6.45) is 1.18. The van der Waals surface area contributed by atoms with Crippen molar-refractivity contribution in [2.75, 3.05) is 0 Å². The summed E-state index contributed by atoms with van der Waals surface area (Å²) in [5.41, 5.74) is 4.36. The molecule has 0 unspecified atom stereocenters. The lowest BCUT2D eigenvalue weighted by Crippen LogP contribution is -2.00. The van der Waals surface area contributed by atoms with E-state index in [-0.39, 0.29) is 0 Å². The van der Waals surface area contributed by atoms with Gasteiger partial charge in [0.1, 0.15) is 0 Å². The van der Waals surface area contributed by atoms with Crippen LogP contribution in [0.5, 0.6) is 0 Å². The highest BCUT2D eigenvalue weighted by molar-refractivity contribution is 5.38. The van der Waals surface area contributed by atoms with Gasteiger partial charge in [-0.05, 0) is 40.9 Å². The van der Waals surface area contributed by atoms with Gasteiger partial charge >= 0.3 is 0 Å². The van der Waals surface area contributed by atoms with E-state index < -0.39 is 0 Å². The van der Waals surface area contributed by atoms with Crippen molar-refractivity contribution in [2.45, 2.75) is 53.9 Å². The highest BCUT2D eigenvalue weighted by atomic mass is 14.1. The van der Waals surface area contributed by atoms with Crippen molar-refractivity contribution in [3.63, 3.8) is 0 Å². The molecule has 0 atom stereocenters. The minimum Gasteiger partial charge on any atom is -0.0625 e. The summed E-state index contributed by atoms with van der Waals surface area (Å²) in [5.74, 6) is 2.75. The lowest BCUT2D eigenvalue weighted by atomic mass is 9.90. The smallest absolute Gasteiger partial charge is 0.00118 e. The van der Waals surface area contributed by atoms with E-state index in [1.165, 1.54) is 29.0 Å². The monoisotopic (exact) mass is 217 g/mol. The molecule has 0 aromatic heterocycles. The highest BCUT2D eigenvalue weighted by Crippen LogP contribution is 2.24. The number of rotatable bonds is 4. The van der Waals surface area contributed by atoms with Gasteiger partial charge in [0.05, 0.1) is 0 Å². The zero-order chi connectivity index (χ0) is 12.3. The quantitative estimate of drug-likeness (QED) is 0.668. The Kier molecular flexibility index (Phi) is 4.58. The third kappa shape index (κ3) is 3.66. The summed E-state index contributed by atoms with van der Waals surface area (Å²) >= 11 is 0. The van der Waals surface area contributed by atoms with Crippen molar-refractivity contribution >= 4 is 0 Å². The molecule has 16 heavy (non-hydrogen) atoms. The van der Waals surface area contributed by atoms with Crippen LogP contribution < -0.4 is 0 Å². The van der Waals surface area contributed by atoms with E-state index in [4.69, 9.17) is 0 Å². The molecule has 1 rings (SSSR count). The summed E-state index contributed by atoms with van der Waals surface area (Å²) in [4.78, 5) is 0.